The Hall–Kier alpha value is -0.650. The number of halogens is 2. The first-order valence-electron chi connectivity index (χ1n) is 6.22. The van der Waals surface area contributed by atoms with E-state index in [0.29, 0.717) is 19.3 Å². The van der Waals surface area contributed by atoms with Crippen molar-refractivity contribution in [3.63, 3.8) is 0 Å². The third-order valence-electron chi connectivity index (χ3n) is 5.28. The highest BCUT2D eigenvalue weighted by molar-refractivity contribution is 7.87. The van der Waals surface area contributed by atoms with Crippen molar-refractivity contribution >= 4 is 27.2 Å². The smallest absolute Gasteiger partial charge is 0.449 e. The SMILES string of the molecule is O=C(OC12C3CC14CC4CC2S(=O)O3)C(F)(F)S(=O)(=O)O. The van der Waals surface area contributed by atoms with Gasteiger partial charge in [-0.15, -0.1) is 0 Å². The Morgan fingerprint density at radius 2 is 2.10 bits per heavy atom. The molecule has 0 aromatic rings. The minimum absolute atomic E-state index is 0.138. The van der Waals surface area contributed by atoms with Crippen molar-refractivity contribution in [1.82, 2.24) is 0 Å². The summed E-state index contributed by atoms with van der Waals surface area (Å²) in [6, 6.07) is 0. The quantitative estimate of drug-likeness (QED) is 0.567. The molecule has 118 valence electrons. The van der Waals surface area contributed by atoms with Crippen LogP contribution in [0.1, 0.15) is 19.3 Å². The van der Waals surface area contributed by atoms with Crippen LogP contribution in [0.5, 0.6) is 0 Å². The molecule has 4 rings (SSSR count). The fourth-order valence-corrected chi connectivity index (χ4v) is 6.21. The molecule has 3 saturated carbocycles. The second-order valence-electron chi connectivity index (χ2n) is 6.01. The van der Waals surface area contributed by atoms with Gasteiger partial charge in [0.1, 0.15) is 11.4 Å². The van der Waals surface area contributed by atoms with Crippen LogP contribution in [0.25, 0.3) is 0 Å². The summed E-state index contributed by atoms with van der Waals surface area (Å²) in [5, 5.41) is -5.76. The number of rotatable bonds is 3. The van der Waals surface area contributed by atoms with Crippen LogP contribution >= 0.6 is 0 Å². The predicted octanol–water partition coefficient (Wildman–Crippen LogP) is -0.00620. The average Bonchev–Trinajstić information content (AvgIpc) is 2.94. The minimum Gasteiger partial charge on any atom is -0.449 e. The number of carbonyl (C=O) groups excluding carboxylic acids is 1. The standard InChI is InChI=1S/C10H10F2O7S2/c11-10(12,21(15,16)17)7(13)18-9-5-3-8(9)2-4(8)1-6(9)20(14)19-5/h4-6H,1-3H2,(H,15,16,17). The molecule has 3 aliphatic carbocycles. The van der Waals surface area contributed by atoms with Gasteiger partial charge in [0.05, 0.1) is 0 Å². The predicted molar refractivity (Wildman–Crippen MR) is 61.9 cm³/mol. The monoisotopic (exact) mass is 344 g/mol. The van der Waals surface area contributed by atoms with Gasteiger partial charge in [0.15, 0.2) is 16.7 Å². The average molecular weight is 344 g/mol. The largest absolute Gasteiger partial charge is 0.465 e. The van der Waals surface area contributed by atoms with Gasteiger partial charge in [-0.2, -0.15) is 17.2 Å². The number of ether oxygens (including phenoxy) is 1. The van der Waals surface area contributed by atoms with Crippen LogP contribution in [0.3, 0.4) is 0 Å². The molecule has 0 aromatic carbocycles. The van der Waals surface area contributed by atoms with Crippen molar-refractivity contribution in [3.8, 4) is 0 Å². The number of esters is 1. The number of hydrogen-bond donors (Lipinski definition) is 1. The van der Waals surface area contributed by atoms with E-state index in [1.807, 2.05) is 0 Å². The van der Waals surface area contributed by atoms with E-state index in [2.05, 4.69) is 0 Å². The van der Waals surface area contributed by atoms with Gasteiger partial charge in [-0.3, -0.25) is 8.74 Å². The van der Waals surface area contributed by atoms with E-state index in [1.54, 1.807) is 0 Å². The Labute approximate surface area is 120 Å². The molecular formula is C10H10F2O7S2. The molecule has 0 radical (unpaired) electrons. The van der Waals surface area contributed by atoms with Crippen molar-refractivity contribution in [3.05, 3.63) is 0 Å². The van der Waals surface area contributed by atoms with Crippen molar-refractivity contribution in [1.29, 1.82) is 0 Å². The summed E-state index contributed by atoms with van der Waals surface area (Å²) in [5.74, 6) is -2.20. The summed E-state index contributed by atoms with van der Waals surface area (Å²) < 4.78 is 78.3. The molecule has 0 bridgehead atoms. The topological polar surface area (TPSA) is 107 Å². The second kappa shape index (κ2) is 3.47. The zero-order chi connectivity index (χ0) is 15.4. The van der Waals surface area contributed by atoms with Crippen LogP contribution in [0.4, 0.5) is 8.78 Å². The molecule has 0 aromatic heterocycles. The van der Waals surface area contributed by atoms with Crippen LogP contribution in [0.2, 0.25) is 0 Å². The summed E-state index contributed by atoms with van der Waals surface area (Å²) in [6.07, 6.45) is 0.806. The maximum atomic E-state index is 13.4. The van der Waals surface area contributed by atoms with E-state index in [4.69, 9.17) is 13.5 Å². The molecule has 4 aliphatic rings. The molecule has 21 heavy (non-hydrogen) atoms. The molecule has 1 heterocycles. The zero-order valence-corrected chi connectivity index (χ0v) is 12.0. The van der Waals surface area contributed by atoms with Crippen LogP contribution in [0.15, 0.2) is 0 Å². The highest BCUT2D eigenvalue weighted by Crippen LogP contribution is 2.82. The van der Waals surface area contributed by atoms with Crippen LogP contribution < -0.4 is 0 Å². The lowest BCUT2D eigenvalue weighted by atomic mass is 9.64. The fourth-order valence-electron chi connectivity index (χ4n) is 4.27. The fraction of sp³-hybridized carbons (Fsp3) is 0.900. The summed E-state index contributed by atoms with van der Waals surface area (Å²) in [6.45, 7) is 0. The van der Waals surface area contributed by atoms with Gasteiger partial charge in [0.25, 0.3) is 0 Å². The van der Waals surface area contributed by atoms with Gasteiger partial charge >= 0.3 is 21.3 Å². The molecular weight excluding hydrogens is 334 g/mol. The minimum atomic E-state index is -5.92. The zero-order valence-electron chi connectivity index (χ0n) is 10.3. The first-order valence-corrected chi connectivity index (χ1v) is 8.80. The third-order valence-corrected chi connectivity index (χ3v) is 7.53. The van der Waals surface area contributed by atoms with E-state index in [-0.39, 0.29) is 5.92 Å². The van der Waals surface area contributed by atoms with Crippen molar-refractivity contribution < 1.29 is 39.7 Å². The first-order chi connectivity index (χ1) is 9.56. The van der Waals surface area contributed by atoms with Gasteiger partial charge in [-0.1, -0.05) is 0 Å². The molecule has 1 aliphatic heterocycles. The Kier molecular flexibility index (Phi) is 2.31. The maximum Gasteiger partial charge on any atom is 0.465 e. The molecule has 6 atom stereocenters. The molecule has 1 spiro atoms. The normalized spacial score (nSPS) is 50.0. The Bertz CT molecular complexity index is 692. The molecule has 0 amide bonds. The highest BCUT2D eigenvalue weighted by Gasteiger charge is 2.90. The van der Waals surface area contributed by atoms with E-state index in [9.17, 15) is 26.2 Å². The third kappa shape index (κ3) is 1.32. The Morgan fingerprint density at radius 1 is 1.43 bits per heavy atom. The van der Waals surface area contributed by atoms with Crippen LogP contribution in [-0.2, 0) is 34.9 Å². The lowest BCUT2D eigenvalue weighted by Gasteiger charge is -2.49. The Morgan fingerprint density at radius 3 is 2.71 bits per heavy atom. The van der Waals surface area contributed by atoms with Crippen LogP contribution in [-0.4, -0.2) is 45.4 Å². The van der Waals surface area contributed by atoms with E-state index >= 15 is 0 Å². The summed E-state index contributed by atoms with van der Waals surface area (Å²) in [7, 11) is -5.92. The Balaban J connectivity index is 1.69. The van der Waals surface area contributed by atoms with Crippen molar-refractivity contribution in [2.24, 2.45) is 11.3 Å². The van der Waals surface area contributed by atoms with E-state index in [1.165, 1.54) is 0 Å². The lowest BCUT2D eigenvalue weighted by Crippen LogP contribution is -2.65. The molecule has 1 saturated heterocycles. The van der Waals surface area contributed by atoms with Gasteiger partial charge < -0.3 is 4.74 Å². The number of alkyl halides is 2. The molecule has 4 fully saturated rings. The molecule has 11 heteroatoms. The van der Waals surface area contributed by atoms with Gasteiger partial charge in [0.2, 0.25) is 0 Å². The lowest BCUT2D eigenvalue weighted by molar-refractivity contribution is -0.220. The van der Waals surface area contributed by atoms with Gasteiger partial charge in [0, 0.05) is 5.41 Å². The molecule has 6 unspecified atom stereocenters. The second-order valence-corrected chi connectivity index (χ2v) is 8.75. The summed E-state index contributed by atoms with van der Waals surface area (Å²) in [5.41, 5.74) is -1.95. The first kappa shape index (κ1) is 14.0. The van der Waals surface area contributed by atoms with Crippen LogP contribution in [0, 0.1) is 11.3 Å². The van der Waals surface area contributed by atoms with E-state index in [0.717, 1.165) is 0 Å². The number of hydrogen-bond acceptors (Lipinski definition) is 6. The van der Waals surface area contributed by atoms with Gasteiger partial charge in [-0.25, -0.2) is 9.00 Å². The van der Waals surface area contributed by atoms with E-state index < -0.39 is 54.8 Å². The van der Waals surface area contributed by atoms with Crippen molar-refractivity contribution in [2.75, 3.05) is 0 Å². The summed E-state index contributed by atoms with van der Waals surface area (Å²) >= 11 is -1.75. The molecule has 7 nitrogen and oxygen atoms in total. The van der Waals surface area contributed by atoms with Gasteiger partial charge in [-0.05, 0) is 25.2 Å². The highest BCUT2D eigenvalue weighted by atomic mass is 32.2. The summed E-state index contributed by atoms with van der Waals surface area (Å²) in [4.78, 5) is 11.6. The number of carbonyl (C=O) groups is 1. The molecule has 1 N–H and O–H groups in total. The maximum absolute atomic E-state index is 13.4. The van der Waals surface area contributed by atoms with Crippen molar-refractivity contribution in [2.45, 2.75) is 41.5 Å².